The standard InChI is InChI=1S/C25H24N4O3S/c1-15-6-4-5-7-17(15)14-33-25-27-24-26-20-10-18(11-21(30)19(20)13-29(24)28-25)16-8-9-22(31-2)23(12-16)32-3/h4-9,12-13,18H,10-11,14H2,1-3H3/t18-/m0/s1. The van der Waals surface area contributed by atoms with Crippen LogP contribution in [-0.4, -0.2) is 39.6 Å². The SMILES string of the molecule is COc1ccc([C@@H]2CC(=O)c3cn4nc(SCc5ccccc5C)nc4nc3C2)cc1OC. The fraction of sp³-hybridized carbons (Fsp3) is 0.280. The molecule has 2 heterocycles. The second-order valence-electron chi connectivity index (χ2n) is 8.10. The minimum Gasteiger partial charge on any atom is -0.493 e. The van der Waals surface area contributed by atoms with Crippen LogP contribution in [-0.2, 0) is 12.2 Å². The van der Waals surface area contributed by atoms with Crippen molar-refractivity contribution in [1.29, 1.82) is 0 Å². The number of hydrogen-bond donors (Lipinski definition) is 0. The van der Waals surface area contributed by atoms with Crippen LogP contribution in [0.5, 0.6) is 11.5 Å². The third-order valence-electron chi connectivity index (χ3n) is 6.06. The van der Waals surface area contributed by atoms with Crippen molar-refractivity contribution in [1.82, 2.24) is 19.6 Å². The molecule has 4 aromatic rings. The molecule has 1 aliphatic rings. The van der Waals surface area contributed by atoms with Gasteiger partial charge in [0.2, 0.25) is 5.16 Å². The van der Waals surface area contributed by atoms with Crippen LogP contribution in [0.25, 0.3) is 5.78 Å². The van der Waals surface area contributed by atoms with E-state index in [1.54, 1.807) is 36.7 Å². The maximum absolute atomic E-state index is 13.0. The van der Waals surface area contributed by atoms with Crippen molar-refractivity contribution in [3.63, 3.8) is 0 Å². The van der Waals surface area contributed by atoms with E-state index in [9.17, 15) is 4.79 Å². The molecule has 33 heavy (non-hydrogen) atoms. The molecule has 0 amide bonds. The minimum atomic E-state index is 0.0255. The van der Waals surface area contributed by atoms with Gasteiger partial charge in [0.25, 0.3) is 5.78 Å². The van der Waals surface area contributed by atoms with Crippen LogP contribution in [0.15, 0.2) is 53.8 Å². The Bertz CT molecular complexity index is 1350. The van der Waals surface area contributed by atoms with Gasteiger partial charge in [-0.2, -0.15) is 4.98 Å². The summed E-state index contributed by atoms with van der Waals surface area (Å²) in [6.45, 7) is 2.10. The highest BCUT2D eigenvalue weighted by atomic mass is 32.2. The number of fused-ring (bicyclic) bond motifs is 2. The van der Waals surface area contributed by atoms with Gasteiger partial charge in [-0.3, -0.25) is 4.79 Å². The number of methoxy groups -OCH3 is 2. The molecule has 1 atom stereocenters. The lowest BCUT2D eigenvalue weighted by Crippen LogP contribution is -2.21. The first-order valence-corrected chi connectivity index (χ1v) is 11.7. The third kappa shape index (κ3) is 4.18. The Labute approximate surface area is 196 Å². The Hall–Kier alpha value is -3.39. The van der Waals surface area contributed by atoms with Gasteiger partial charge in [0, 0.05) is 18.4 Å². The molecule has 2 aromatic carbocycles. The fourth-order valence-electron chi connectivity index (χ4n) is 4.18. The molecule has 168 valence electrons. The fourth-order valence-corrected chi connectivity index (χ4v) is 5.08. The number of aryl methyl sites for hydroxylation is 1. The molecule has 0 spiro atoms. The summed E-state index contributed by atoms with van der Waals surface area (Å²) in [5.41, 5.74) is 4.92. The largest absolute Gasteiger partial charge is 0.493 e. The van der Waals surface area contributed by atoms with E-state index in [2.05, 4.69) is 29.1 Å². The van der Waals surface area contributed by atoms with Gasteiger partial charge in [0.1, 0.15) is 0 Å². The van der Waals surface area contributed by atoms with Crippen molar-refractivity contribution in [2.45, 2.75) is 36.6 Å². The Morgan fingerprint density at radius 2 is 1.88 bits per heavy atom. The van der Waals surface area contributed by atoms with Crippen LogP contribution < -0.4 is 9.47 Å². The highest BCUT2D eigenvalue weighted by Gasteiger charge is 2.29. The first kappa shape index (κ1) is 21.5. The predicted octanol–water partition coefficient (Wildman–Crippen LogP) is 4.65. The Morgan fingerprint density at radius 3 is 2.67 bits per heavy atom. The zero-order valence-electron chi connectivity index (χ0n) is 18.7. The number of thioether (sulfide) groups is 1. The molecule has 0 N–H and O–H groups in total. The van der Waals surface area contributed by atoms with Crippen LogP contribution in [0.3, 0.4) is 0 Å². The summed E-state index contributed by atoms with van der Waals surface area (Å²) in [5, 5.41) is 5.19. The number of carbonyl (C=O) groups excluding carboxylic acids is 1. The van der Waals surface area contributed by atoms with Gasteiger partial charge in [0.05, 0.1) is 25.5 Å². The van der Waals surface area contributed by atoms with Gasteiger partial charge >= 0.3 is 0 Å². The van der Waals surface area contributed by atoms with Crippen molar-refractivity contribution in [2.24, 2.45) is 0 Å². The molecule has 0 saturated heterocycles. The number of carbonyl (C=O) groups is 1. The number of nitrogens with zero attached hydrogens (tertiary/aromatic N) is 4. The van der Waals surface area contributed by atoms with E-state index in [0.717, 1.165) is 17.0 Å². The maximum atomic E-state index is 13.0. The summed E-state index contributed by atoms with van der Waals surface area (Å²) in [6, 6.07) is 14.1. The van der Waals surface area contributed by atoms with Gasteiger partial charge in [-0.05, 0) is 48.1 Å². The van der Waals surface area contributed by atoms with Crippen LogP contribution in [0, 0.1) is 6.92 Å². The summed E-state index contributed by atoms with van der Waals surface area (Å²) in [4.78, 5) is 22.3. The maximum Gasteiger partial charge on any atom is 0.253 e. The molecule has 5 rings (SSSR count). The number of ether oxygens (including phenoxy) is 2. The second-order valence-corrected chi connectivity index (χ2v) is 9.04. The summed E-state index contributed by atoms with van der Waals surface area (Å²) in [7, 11) is 3.22. The van der Waals surface area contributed by atoms with Crippen molar-refractivity contribution >= 4 is 23.3 Å². The van der Waals surface area contributed by atoms with Crippen LogP contribution in [0.2, 0.25) is 0 Å². The van der Waals surface area contributed by atoms with Gasteiger partial charge in [-0.1, -0.05) is 42.1 Å². The first-order chi connectivity index (χ1) is 16.1. The summed E-state index contributed by atoms with van der Waals surface area (Å²) in [6.07, 6.45) is 2.85. The van der Waals surface area contributed by atoms with E-state index in [1.165, 1.54) is 11.1 Å². The van der Waals surface area contributed by atoms with Gasteiger partial charge in [-0.25, -0.2) is 9.50 Å². The third-order valence-corrected chi connectivity index (χ3v) is 6.95. The average molecular weight is 461 g/mol. The number of aromatic nitrogens is 4. The van der Waals surface area contributed by atoms with Gasteiger partial charge < -0.3 is 9.47 Å². The van der Waals surface area contributed by atoms with E-state index in [4.69, 9.17) is 14.5 Å². The normalized spacial score (nSPS) is 15.5. The van der Waals surface area contributed by atoms with Crippen molar-refractivity contribution in [3.05, 3.63) is 76.6 Å². The highest BCUT2D eigenvalue weighted by Crippen LogP contribution is 2.36. The first-order valence-electron chi connectivity index (χ1n) is 10.7. The van der Waals surface area contributed by atoms with E-state index in [-0.39, 0.29) is 11.7 Å². The van der Waals surface area contributed by atoms with Crippen LogP contribution >= 0.6 is 11.8 Å². The zero-order chi connectivity index (χ0) is 22.9. The Balaban J connectivity index is 1.40. The number of Topliss-reactive ketones (excluding diaryl/α,β-unsaturated/α-hetero) is 1. The summed E-state index contributed by atoms with van der Waals surface area (Å²) >= 11 is 1.57. The monoisotopic (exact) mass is 460 g/mol. The topological polar surface area (TPSA) is 78.6 Å². The molecule has 0 bridgehead atoms. The van der Waals surface area contributed by atoms with Crippen molar-refractivity contribution in [3.8, 4) is 11.5 Å². The van der Waals surface area contributed by atoms with E-state index >= 15 is 0 Å². The minimum absolute atomic E-state index is 0.0255. The molecular weight excluding hydrogens is 436 g/mol. The lowest BCUT2D eigenvalue weighted by atomic mass is 9.82. The molecule has 8 heteroatoms. The molecule has 2 aromatic heterocycles. The molecule has 0 aliphatic heterocycles. The Kier molecular flexibility index (Phi) is 5.76. The average Bonchev–Trinajstić information content (AvgIpc) is 3.23. The number of benzene rings is 2. The van der Waals surface area contributed by atoms with Crippen molar-refractivity contribution in [2.75, 3.05) is 14.2 Å². The molecule has 1 aliphatic carbocycles. The van der Waals surface area contributed by atoms with E-state index in [1.807, 2.05) is 30.3 Å². The Morgan fingerprint density at radius 1 is 1.06 bits per heavy atom. The number of rotatable bonds is 6. The molecule has 0 saturated carbocycles. The van der Waals surface area contributed by atoms with Gasteiger partial charge in [0.15, 0.2) is 17.3 Å². The summed E-state index contributed by atoms with van der Waals surface area (Å²) in [5.74, 6) is 2.71. The predicted molar refractivity (Wildman–Crippen MR) is 126 cm³/mol. The molecule has 0 unspecified atom stereocenters. The second kappa shape index (κ2) is 8.86. The number of hydrogen-bond acceptors (Lipinski definition) is 7. The van der Waals surface area contributed by atoms with Crippen LogP contribution in [0.1, 0.15) is 45.1 Å². The van der Waals surface area contributed by atoms with Crippen LogP contribution in [0.4, 0.5) is 0 Å². The molecule has 0 fully saturated rings. The lowest BCUT2D eigenvalue weighted by molar-refractivity contribution is 0.0962. The van der Waals surface area contributed by atoms with Crippen molar-refractivity contribution < 1.29 is 14.3 Å². The molecular formula is C25H24N4O3S. The van der Waals surface area contributed by atoms with E-state index < -0.39 is 0 Å². The highest BCUT2D eigenvalue weighted by molar-refractivity contribution is 7.98. The lowest BCUT2D eigenvalue weighted by Gasteiger charge is -2.23. The van der Waals surface area contributed by atoms with Gasteiger partial charge in [-0.15, -0.1) is 5.10 Å². The number of ketones is 1. The quantitative estimate of drug-likeness (QED) is 0.387. The molecule has 0 radical (unpaired) electrons. The van der Waals surface area contributed by atoms with E-state index in [0.29, 0.717) is 40.8 Å². The zero-order valence-corrected chi connectivity index (χ0v) is 19.6. The molecule has 7 nitrogen and oxygen atoms in total. The summed E-state index contributed by atoms with van der Waals surface area (Å²) < 4.78 is 12.4. The smallest absolute Gasteiger partial charge is 0.253 e.